The van der Waals surface area contributed by atoms with Gasteiger partial charge in [0, 0.05) is 17.4 Å². The van der Waals surface area contributed by atoms with E-state index in [0.717, 1.165) is 0 Å². The molecule has 0 aliphatic carbocycles. The molecule has 0 aliphatic heterocycles. The summed E-state index contributed by atoms with van der Waals surface area (Å²) in [6, 6.07) is 6.33. The molecule has 84 valence electrons. The van der Waals surface area contributed by atoms with Crippen molar-refractivity contribution in [2.24, 2.45) is 0 Å². The molecule has 0 atom stereocenters. The van der Waals surface area contributed by atoms with Crippen LogP contribution in [0.5, 0.6) is 0 Å². The van der Waals surface area contributed by atoms with Crippen LogP contribution in [0.2, 0.25) is 0 Å². The monoisotopic (exact) mass is 229 g/mol. The number of anilines is 2. The SMILES string of the molecule is CC(C)NS(=O)(=O)Nc1ccc(N)cc1. The van der Waals surface area contributed by atoms with Gasteiger partial charge in [0.1, 0.15) is 0 Å². The Balaban J connectivity index is 2.73. The minimum Gasteiger partial charge on any atom is -0.399 e. The standard InChI is InChI=1S/C9H15N3O2S/c1-7(2)11-15(13,14)12-9-5-3-8(10)4-6-9/h3-7,11-12H,10H2,1-2H3. The van der Waals surface area contributed by atoms with Crippen molar-refractivity contribution in [1.82, 2.24) is 4.72 Å². The summed E-state index contributed by atoms with van der Waals surface area (Å²) < 4.78 is 27.7. The predicted octanol–water partition coefficient (Wildman–Crippen LogP) is 0.923. The van der Waals surface area contributed by atoms with Gasteiger partial charge in [0.25, 0.3) is 10.2 Å². The van der Waals surface area contributed by atoms with E-state index in [9.17, 15) is 8.42 Å². The van der Waals surface area contributed by atoms with Gasteiger partial charge in [-0.3, -0.25) is 4.72 Å². The Morgan fingerprint density at radius 1 is 1.20 bits per heavy atom. The Morgan fingerprint density at radius 2 is 1.73 bits per heavy atom. The van der Waals surface area contributed by atoms with Crippen LogP contribution < -0.4 is 15.2 Å². The summed E-state index contributed by atoms with van der Waals surface area (Å²) in [5, 5.41) is 0. The Bertz CT molecular complexity index is 411. The first-order chi connectivity index (χ1) is 6.89. The molecule has 0 aliphatic rings. The van der Waals surface area contributed by atoms with Crippen molar-refractivity contribution >= 4 is 21.6 Å². The van der Waals surface area contributed by atoms with Crippen molar-refractivity contribution < 1.29 is 8.42 Å². The Kier molecular flexibility index (Phi) is 3.54. The lowest BCUT2D eigenvalue weighted by Gasteiger charge is -2.11. The van der Waals surface area contributed by atoms with Crippen LogP contribution in [0.3, 0.4) is 0 Å². The molecule has 4 N–H and O–H groups in total. The van der Waals surface area contributed by atoms with Crippen LogP contribution >= 0.6 is 0 Å². The molecule has 0 bridgehead atoms. The molecular formula is C9H15N3O2S. The maximum Gasteiger partial charge on any atom is 0.299 e. The Hall–Kier alpha value is -1.27. The van der Waals surface area contributed by atoms with Crippen molar-refractivity contribution in [3.8, 4) is 0 Å². The predicted molar refractivity (Wildman–Crippen MR) is 61.7 cm³/mol. The fourth-order valence-corrected chi connectivity index (χ4v) is 2.17. The molecule has 15 heavy (non-hydrogen) atoms. The molecule has 1 aromatic rings. The van der Waals surface area contributed by atoms with Gasteiger partial charge in [-0.25, -0.2) is 0 Å². The van der Waals surface area contributed by atoms with Gasteiger partial charge in [0.2, 0.25) is 0 Å². The molecular weight excluding hydrogens is 214 g/mol. The number of hydrogen-bond acceptors (Lipinski definition) is 3. The first kappa shape index (κ1) is 11.8. The minimum atomic E-state index is -3.49. The molecule has 1 rings (SSSR count). The number of nitrogens with one attached hydrogen (secondary N) is 2. The summed E-state index contributed by atoms with van der Waals surface area (Å²) in [5.41, 5.74) is 6.55. The molecule has 0 saturated carbocycles. The zero-order chi connectivity index (χ0) is 11.5. The molecule has 0 unspecified atom stereocenters. The molecule has 0 saturated heterocycles. The number of hydrogen-bond donors (Lipinski definition) is 3. The van der Waals surface area contributed by atoms with Gasteiger partial charge in [0.15, 0.2) is 0 Å². The van der Waals surface area contributed by atoms with Gasteiger partial charge >= 0.3 is 0 Å². The van der Waals surface area contributed by atoms with Crippen molar-refractivity contribution in [3.63, 3.8) is 0 Å². The number of benzene rings is 1. The highest BCUT2D eigenvalue weighted by molar-refractivity contribution is 7.90. The van der Waals surface area contributed by atoms with E-state index in [1.807, 2.05) is 0 Å². The van der Waals surface area contributed by atoms with Crippen LogP contribution in [0.25, 0.3) is 0 Å². The maximum absolute atomic E-state index is 11.4. The van der Waals surface area contributed by atoms with E-state index in [4.69, 9.17) is 5.73 Å². The lowest BCUT2D eigenvalue weighted by Crippen LogP contribution is -2.35. The number of nitrogens with two attached hydrogens (primary N) is 1. The zero-order valence-corrected chi connectivity index (χ0v) is 9.51. The van der Waals surface area contributed by atoms with Gasteiger partial charge in [-0.2, -0.15) is 13.1 Å². The second kappa shape index (κ2) is 4.50. The lowest BCUT2D eigenvalue weighted by atomic mass is 10.3. The molecule has 0 spiro atoms. The molecule has 0 radical (unpaired) electrons. The third-order valence-corrected chi connectivity index (χ3v) is 2.84. The average Bonchev–Trinajstić information content (AvgIpc) is 2.06. The second-order valence-electron chi connectivity index (χ2n) is 3.50. The highest BCUT2D eigenvalue weighted by Crippen LogP contribution is 2.11. The average molecular weight is 229 g/mol. The van der Waals surface area contributed by atoms with Gasteiger partial charge in [-0.15, -0.1) is 0 Å². The van der Waals surface area contributed by atoms with Crippen molar-refractivity contribution in [2.75, 3.05) is 10.5 Å². The third-order valence-electron chi connectivity index (χ3n) is 1.55. The summed E-state index contributed by atoms with van der Waals surface area (Å²) in [4.78, 5) is 0. The maximum atomic E-state index is 11.4. The third kappa shape index (κ3) is 4.18. The second-order valence-corrected chi connectivity index (χ2v) is 4.95. The van der Waals surface area contributed by atoms with Gasteiger partial charge in [-0.1, -0.05) is 0 Å². The molecule has 5 nitrogen and oxygen atoms in total. The summed E-state index contributed by atoms with van der Waals surface area (Å²) in [5.74, 6) is 0. The summed E-state index contributed by atoms with van der Waals surface area (Å²) >= 11 is 0. The first-order valence-electron chi connectivity index (χ1n) is 4.54. The van der Waals surface area contributed by atoms with E-state index in [1.54, 1.807) is 38.1 Å². The Labute approximate surface area is 89.9 Å². The van der Waals surface area contributed by atoms with Crippen molar-refractivity contribution in [3.05, 3.63) is 24.3 Å². The van der Waals surface area contributed by atoms with Crippen LogP contribution in [-0.2, 0) is 10.2 Å². The lowest BCUT2D eigenvalue weighted by molar-refractivity contribution is 0.575. The Morgan fingerprint density at radius 3 is 2.20 bits per heavy atom. The van der Waals surface area contributed by atoms with Gasteiger partial charge in [-0.05, 0) is 38.1 Å². The van der Waals surface area contributed by atoms with Crippen LogP contribution in [0.4, 0.5) is 11.4 Å². The molecule has 0 heterocycles. The summed E-state index contributed by atoms with van der Waals surface area (Å²) in [6.07, 6.45) is 0. The minimum absolute atomic E-state index is 0.142. The van der Waals surface area contributed by atoms with Crippen molar-refractivity contribution in [1.29, 1.82) is 0 Å². The molecule has 0 aromatic heterocycles. The molecule has 0 fully saturated rings. The highest BCUT2D eigenvalue weighted by atomic mass is 32.2. The van der Waals surface area contributed by atoms with Crippen LogP contribution in [0, 0.1) is 0 Å². The van der Waals surface area contributed by atoms with Gasteiger partial charge in [0.05, 0.1) is 0 Å². The molecule has 0 amide bonds. The fraction of sp³-hybridized carbons (Fsp3) is 0.333. The van der Waals surface area contributed by atoms with Gasteiger partial charge < -0.3 is 5.73 Å². The van der Waals surface area contributed by atoms with E-state index < -0.39 is 10.2 Å². The quantitative estimate of drug-likeness (QED) is 0.671. The van der Waals surface area contributed by atoms with E-state index in [2.05, 4.69) is 9.44 Å². The van der Waals surface area contributed by atoms with Crippen LogP contribution in [-0.4, -0.2) is 14.5 Å². The normalized spacial score (nSPS) is 11.7. The number of rotatable bonds is 4. The highest BCUT2D eigenvalue weighted by Gasteiger charge is 2.10. The first-order valence-corrected chi connectivity index (χ1v) is 6.03. The molecule has 1 aromatic carbocycles. The van der Waals surface area contributed by atoms with E-state index in [0.29, 0.717) is 11.4 Å². The number of nitrogen functional groups attached to an aromatic ring is 1. The fourth-order valence-electron chi connectivity index (χ4n) is 1.05. The summed E-state index contributed by atoms with van der Waals surface area (Å²) in [7, 11) is -3.49. The van der Waals surface area contributed by atoms with E-state index >= 15 is 0 Å². The van der Waals surface area contributed by atoms with Crippen molar-refractivity contribution in [2.45, 2.75) is 19.9 Å². The van der Waals surface area contributed by atoms with Crippen LogP contribution in [0.15, 0.2) is 24.3 Å². The largest absolute Gasteiger partial charge is 0.399 e. The smallest absolute Gasteiger partial charge is 0.299 e. The van der Waals surface area contributed by atoms with Crippen LogP contribution in [0.1, 0.15) is 13.8 Å². The van der Waals surface area contributed by atoms with E-state index in [-0.39, 0.29) is 6.04 Å². The summed E-state index contributed by atoms with van der Waals surface area (Å²) in [6.45, 7) is 3.50. The van der Waals surface area contributed by atoms with E-state index in [1.165, 1.54) is 0 Å². The topological polar surface area (TPSA) is 84.2 Å². The zero-order valence-electron chi connectivity index (χ0n) is 8.69. The molecule has 6 heteroatoms.